The van der Waals surface area contributed by atoms with Gasteiger partial charge in [-0.25, -0.2) is 4.79 Å². The largest absolute Gasteiger partial charge is 0.461 e. The Balaban J connectivity index is 2.85. The topological polar surface area (TPSA) is 64.6 Å². The van der Waals surface area contributed by atoms with Gasteiger partial charge < -0.3 is 14.8 Å². The lowest BCUT2D eigenvalue weighted by Gasteiger charge is -2.13. The minimum atomic E-state index is -0.471. The van der Waals surface area contributed by atoms with Gasteiger partial charge in [-0.15, -0.1) is 0 Å². The van der Waals surface area contributed by atoms with Gasteiger partial charge in [0.2, 0.25) is 0 Å². The van der Waals surface area contributed by atoms with Gasteiger partial charge in [-0.3, -0.25) is 4.79 Å². The molecular formula is C14H19NO4. The number of hydrogen-bond donors (Lipinski definition) is 1. The number of ether oxygens (including phenoxy) is 2. The summed E-state index contributed by atoms with van der Waals surface area (Å²) in [6.45, 7) is 7.62. The molecule has 0 atom stereocenters. The molecular weight excluding hydrogens is 246 g/mol. The maximum absolute atomic E-state index is 11.4. The molecule has 1 aromatic carbocycles. The average molecular weight is 265 g/mol. The molecule has 0 bridgehead atoms. The van der Waals surface area contributed by atoms with Crippen LogP contribution in [0.3, 0.4) is 0 Å². The third kappa shape index (κ3) is 4.62. The minimum absolute atomic E-state index is 0.221. The first-order valence-electron chi connectivity index (χ1n) is 6.13. The van der Waals surface area contributed by atoms with Crippen molar-refractivity contribution < 1.29 is 19.1 Å². The molecule has 0 aliphatic heterocycles. The van der Waals surface area contributed by atoms with E-state index < -0.39 is 6.09 Å². The Bertz CT molecular complexity index is 459. The van der Waals surface area contributed by atoms with Gasteiger partial charge in [0.1, 0.15) is 12.4 Å². The zero-order chi connectivity index (χ0) is 14.4. The smallest absolute Gasteiger partial charge is 0.412 e. The van der Waals surface area contributed by atoms with E-state index in [-0.39, 0.29) is 12.6 Å². The van der Waals surface area contributed by atoms with E-state index >= 15 is 0 Å². The number of hydrogen-bond acceptors (Lipinski definition) is 4. The van der Waals surface area contributed by atoms with E-state index in [1.54, 1.807) is 0 Å². The molecule has 0 spiro atoms. The Hall–Kier alpha value is -2.04. The predicted octanol–water partition coefficient (Wildman–Crippen LogP) is 2.47. The van der Waals surface area contributed by atoms with Crippen molar-refractivity contribution >= 4 is 12.1 Å². The highest BCUT2D eigenvalue weighted by atomic mass is 16.6. The molecule has 0 heterocycles. The molecule has 5 nitrogen and oxygen atoms in total. The number of nitrogens with one attached hydrogen (secondary N) is 1. The monoisotopic (exact) mass is 265 g/mol. The molecule has 0 saturated carbocycles. The summed E-state index contributed by atoms with van der Waals surface area (Å²) in [5.74, 6) is 0.218. The van der Waals surface area contributed by atoms with Crippen LogP contribution in [0.4, 0.5) is 4.79 Å². The second kappa shape index (κ2) is 6.78. The number of aryl methyl sites for hydroxylation is 2. The summed E-state index contributed by atoms with van der Waals surface area (Å²) in [7, 11) is 0. The normalized spacial score (nSPS) is 9.89. The highest BCUT2D eigenvalue weighted by Gasteiger charge is 2.11. The number of amides is 1. The number of carbonyl (C=O) groups excluding carboxylic acids is 2. The summed E-state index contributed by atoms with van der Waals surface area (Å²) in [4.78, 5) is 22.2. The van der Waals surface area contributed by atoms with Crippen LogP contribution in [0.15, 0.2) is 12.1 Å². The zero-order valence-electron chi connectivity index (χ0n) is 11.7. The quantitative estimate of drug-likeness (QED) is 0.849. The molecule has 1 amide bonds. The Morgan fingerprint density at radius 2 is 1.79 bits per heavy atom. The Kier molecular flexibility index (Phi) is 5.36. The van der Waals surface area contributed by atoms with Crippen molar-refractivity contribution in [2.75, 3.05) is 6.54 Å². The van der Waals surface area contributed by atoms with Crippen molar-refractivity contribution in [3.05, 3.63) is 28.8 Å². The second-order valence-corrected chi connectivity index (χ2v) is 4.26. The van der Waals surface area contributed by atoms with E-state index in [4.69, 9.17) is 9.47 Å². The Morgan fingerprint density at radius 1 is 1.21 bits per heavy atom. The third-order valence-electron chi connectivity index (χ3n) is 2.48. The van der Waals surface area contributed by atoms with Gasteiger partial charge in [0.05, 0.1) is 0 Å². The first-order chi connectivity index (χ1) is 8.93. The lowest BCUT2D eigenvalue weighted by Crippen LogP contribution is -2.26. The molecule has 0 radical (unpaired) electrons. The number of esters is 1. The van der Waals surface area contributed by atoms with E-state index in [0.717, 1.165) is 16.7 Å². The zero-order valence-corrected chi connectivity index (χ0v) is 11.7. The number of benzene rings is 1. The second-order valence-electron chi connectivity index (χ2n) is 4.26. The maximum atomic E-state index is 11.4. The summed E-state index contributed by atoms with van der Waals surface area (Å²) in [6, 6.07) is 3.68. The third-order valence-corrected chi connectivity index (χ3v) is 2.48. The van der Waals surface area contributed by atoms with Crippen molar-refractivity contribution in [1.82, 2.24) is 5.32 Å². The molecule has 1 aromatic rings. The summed E-state index contributed by atoms with van der Waals surface area (Å²) in [5, 5.41) is 2.57. The Labute approximate surface area is 112 Å². The van der Waals surface area contributed by atoms with Crippen molar-refractivity contribution in [2.45, 2.75) is 34.3 Å². The number of rotatable bonds is 4. The van der Waals surface area contributed by atoms with Crippen LogP contribution < -0.4 is 10.1 Å². The van der Waals surface area contributed by atoms with Crippen molar-refractivity contribution in [3.63, 3.8) is 0 Å². The maximum Gasteiger partial charge on any atom is 0.412 e. The molecule has 0 aromatic heterocycles. The molecule has 104 valence electrons. The van der Waals surface area contributed by atoms with Crippen LogP contribution in [-0.2, 0) is 16.1 Å². The SMILES string of the molecule is CCNC(=O)Oc1c(C)cc(COC(C)=O)cc1C. The van der Waals surface area contributed by atoms with Gasteiger partial charge in [-0.2, -0.15) is 0 Å². The van der Waals surface area contributed by atoms with Crippen LogP contribution in [0.5, 0.6) is 5.75 Å². The summed E-state index contributed by atoms with van der Waals surface area (Å²) >= 11 is 0. The molecule has 0 saturated heterocycles. The molecule has 0 aliphatic carbocycles. The van der Waals surface area contributed by atoms with E-state index in [1.807, 2.05) is 32.9 Å². The van der Waals surface area contributed by atoms with Gasteiger partial charge >= 0.3 is 12.1 Å². The molecule has 0 unspecified atom stereocenters. The molecule has 1 N–H and O–H groups in total. The van der Waals surface area contributed by atoms with E-state index in [9.17, 15) is 9.59 Å². The van der Waals surface area contributed by atoms with Crippen molar-refractivity contribution in [2.24, 2.45) is 0 Å². The van der Waals surface area contributed by atoms with Gasteiger partial charge in [0.15, 0.2) is 0 Å². The van der Waals surface area contributed by atoms with E-state index in [1.165, 1.54) is 6.92 Å². The van der Waals surface area contributed by atoms with Crippen LogP contribution >= 0.6 is 0 Å². The van der Waals surface area contributed by atoms with Gasteiger partial charge in [0.25, 0.3) is 0 Å². The highest BCUT2D eigenvalue weighted by molar-refractivity contribution is 5.71. The van der Waals surface area contributed by atoms with Crippen LogP contribution in [0, 0.1) is 13.8 Å². The standard InChI is InChI=1S/C14H19NO4/c1-5-15-14(17)19-13-9(2)6-12(7-10(13)3)8-18-11(4)16/h6-7H,5,8H2,1-4H3,(H,15,17). The average Bonchev–Trinajstić information content (AvgIpc) is 2.31. The molecule has 0 fully saturated rings. The fourth-order valence-corrected chi connectivity index (χ4v) is 1.74. The van der Waals surface area contributed by atoms with Gasteiger partial charge in [0, 0.05) is 13.5 Å². The predicted molar refractivity (Wildman–Crippen MR) is 71.1 cm³/mol. The lowest BCUT2D eigenvalue weighted by atomic mass is 10.1. The minimum Gasteiger partial charge on any atom is -0.461 e. The van der Waals surface area contributed by atoms with E-state index in [0.29, 0.717) is 12.3 Å². The fraction of sp³-hybridized carbons (Fsp3) is 0.429. The summed E-state index contributed by atoms with van der Waals surface area (Å²) < 4.78 is 10.2. The molecule has 0 aliphatic rings. The van der Waals surface area contributed by atoms with E-state index in [2.05, 4.69) is 5.32 Å². The first kappa shape index (κ1) is 15.0. The summed E-state index contributed by atoms with van der Waals surface area (Å²) in [6.07, 6.45) is -0.471. The van der Waals surface area contributed by atoms with Crippen molar-refractivity contribution in [1.29, 1.82) is 0 Å². The molecule has 19 heavy (non-hydrogen) atoms. The summed E-state index contributed by atoms with van der Waals surface area (Å²) in [5.41, 5.74) is 2.52. The van der Waals surface area contributed by atoms with Crippen LogP contribution in [0.1, 0.15) is 30.5 Å². The lowest BCUT2D eigenvalue weighted by molar-refractivity contribution is -0.142. The molecule has 1 rings (SSSR count). The van der Waals surface area contributed by atoms with Gasteiger partial charge in [-0.1, -0.05) is 0 Å². The fourth-order valence-electron chi connectivity index (χ4n) is 1.74. The van der Waals surface area contributed by atoms with Crippen LogP contribution in [0.2, 0.25) is 0 Å². The Morgan fingerprint density at radius 3 is 2.26 bits per heavy atom. The highest BCUT2D eigenvalue weighted by Crippen LogP contribution is 2.25. The first-order valence-corrected chi connectivity index (χ1v) is 6.13. The van der Waals surface area contributed by atoms with Crippen LogP contribution in [-0.4, -0.2) is 18.6 Å². The van der Waals surface area contributed by atoms with Crippen LogP contribution in [0.25, 0.3) is 0 Å². The van der Waals surface area contributed by atoms with Gasteiger partial charge in [-0.05, 0) is 49.6 Å². The van der Waals surface area contributed by atoms with Crippen molar-refractivity contribution in [3.8, 4) is 5.75 Å². The molecule has 5 heteroatoms. The number of carbonyl (C=O) groups is 2.